The van der Waals surface area contributed by atoms with Crippen LogP contribution in [0.2, 0.25) is 0 Å². The lowest BCUT2D eigenvalue weighted by atomic mass is 10.2. The number of hydrogen-bond donors (Lipinski definition) is 2. The number of aromatic nitrogens is 1. The second-order valence-corrected chi connectivity index (χ2v) is 8.59. The van der Waals surface area contributed by atoms with Crippen LogP contribution in [0.3, 0.4) is 0 Å². The van der Waals surface area contributed by atoms with E-state index < -0.39 is 26.6 Å². The summed E-state index contributed by atoms with van der Waals surface area (Å²) in [5.41, 5.74) is 0. The summed E-state index contributed by atoms with van der Waals surface area (Å²) in [6.45, 7) is 1.15. The van der Waals surface area contributed by atoms with Crippen LogP contribution in [0.25, 0.3) is 0 Å². The standard InChI is InChI=1S/C16H18F2N4O3S2/c17-12-2-1-3-13(18)15(12)27(24,25)20-6-4-14(23)21-11-5-8-22(10-11)16-19-7-9-26-16/h1-3,7,9,11,20H,4-6,8,10H2,(H,21,23). The van der Waals surface area contributed by atoms with Gasteiger partial charge in [-0.05, 0) is 18.6 Å². The van der Waals surface area contributed by atoms with Gasteiger partial charge in [-0.1, -0.05) is 6.07 Å². The van der Waals surface area contributed by atoms with Gasteiger partial charge in [0.1, 0.15) is 11.6 Å². The minimum Gasteiger partial charge on any atom is -0.351 e. The van der Waals surface area contributed by atoms with E-state index in [2.05, 4.69) is 19.9 Å². The van der Waals surface area contributed by atoms with Crippen molar-refractivity contribution >= 4 is 32.4 Å². The van der Waals surface area contributed by atoms with Gasteiger partial charge in [0.2, 0.25) is 15.9 Å². The molecule has 0 saturated carbocycles. The van der Waals surface area contributed by atoms with Crippen LogP contribution in [-0.4, -0.2) is 45.0 Å². The molecule has 1 amide bonds. The molecule has 27 heavy (non-hydrogen) atoms. The highest BCUT2D eigenvalue weighted by Gasteiger charge is 2.26. The Kier molecular flexibility index (Phi) is 6.02. The maximum absolute atomic E-state index is 13.6. The van der Waals surface area contributed by atoms with Gasteiger partial charge in [-0.2, -0.15) is 0 Å². The molecule has 2 aromatic rings. The lowest BCUT2D eigenvalue weighted by Gasteiger charge is -2.16. The van der Waals surface area contributed by atoms with E-state index in [1.807, 2.05) is 5.38 Å². The highest BCUT2D eigenvalue weighted by molar-refractivity contribution is 7.89. The van der Waals surface area contributed by atoms with E-state index in [-0.39, 0.29) is 24.9 Å². The molecule has 1 saturated heterocycles. The zero-order valence-corrected chi connectivity index (χ0v) is 15.8. The molecule has 7 nitrogen and oxygen atoms in total. The Morgan fingerprint density at radius 3 is 2.74 bits per heavy atom. The van der Waals surface area contributed by atoms with Crippen LogP contribution in [0.1, 0.15) is 12.8 Å². The Bertz CT molecular complexity index is 886. The van der Waals surface area contributed by atoms with E-state index >= 15 is 0 Å². The maximum atomic E-state index is 13.6. The first-order chi connectivity index (χ1) is 12.9. The van der Waals surface area contributed by atoms with Crippen molar-refractivity contribution in [2.45, 2.75) is 23.8 Å². The molecular weight excluding hydrogens is 398 g/mol. The van der Waals surface area contributed by atoms with Gasteiger partial charge in [0, 0.05) is 43.7 Å². The fourth-order valence-electron chi connectivity index (χ4n) is 2.83. The number of sulfonamides is 1. The highest BCUT2D eigenvalue weighted by Crippen LogP contribution is 2.22. The summed E-state index contributed by atoms with van der Waals surface area (Å²) in [4.78, 5) is 17.3. The Hall–Kier alpha value is -2.11. The summed E-state index contributed by atoms with van der Waals surface area (Å²) in [7, 11) is -4.38. The van der Waals surface area contributed by atoms with E-state index in [0.29, 0.717) is 6.54 Å². The van der Waals surface area contributed by atoms with Crippen molar-refractivity contribution in [2.24, 2.45) is 0 Å². The summed E-state index contributed by atoms with van der Waals surface area (Å²) < 4.78 is 53.4. The molecule has 2 N–H and O–H groups in total. The lowest BCUT2D eigenvalue weighted by molar-refractivity contribution is -0.121. The fourth-order valence-corrected chi connectivity index (χ4v) is 4.68. The van der Waals surface area contributed by atoms with E-state index in [4.69, 9.17) is 0 Å². The summed E-state index contributed by atoms with van der Waals surface area (Å²) in [5.74, 6) is -2.70. The second-order valence-electron chi connectivity index (χ2n) is 6.01. The number of anilines is 1. The van der Waals surface area contributed by atoms with Gasteiger partial charge in [0.05, 0.1) is 0 Å². The maximum Gasteiger partial charge on any atom is 0.246 e. The van der Waals surface area contributed by atoms with Crippen LogP contribution in [0, 0.1) is 11.6 Å². The third kappa shape index (κ3) is 4.79. The van der Waals surface area contributed by atoms with Crippen molar-refractivity contribution in [2.75, 3.05) is 24.5 Å². The first-order valence-corrected chi connectivity index (χ1v) is 10.6. The predicted molar refractivity (Wildman–Crippen MR) is 97.0 cm³/mol. The van der Waals surface area contributed by atoms with Gasteiger partial charge in [0.15, 0.2) is 10.0 Å². The molecule has 1 atom stereocenters. The van der Waals surface area contributed by atoms with Gasteiger partial charge >= 0.3 is 0 Å². The minimum absolute atomic E-state index is 0.0537. The molecule has 11 heteroatoms. The Labute approximate surface area is 159 Å². The SMILES string of the molecule is O=C(CCNS(=O)(=O)c1c(F)cccc1F)NC1CCN(c2nccs2)C1. The van der Waals surface area contributed by atoms with Crippen molar-refractivity contribution in [1.29, 1.82) is 0 Å². The van der Waals surface area contributed by atoms with Crippen LogP contribution in [0.5, 0.6) is 0 Å². The summed E-state index contributed by atoms with van der Waals surface area (Å²) in [6, 6.07) is 2.74. The Balaban J connectivity index is 1.47. The van der Waals surface area contributed by atoms with E-state index in [0.717, 1.165) is 36.3 Å². The largest absolute Gasteiger partial charge is 0.351 e. The average molecular weight is 416 g/mol. The van der Waals surface area contributed by atoms with Crippen LogP contribution >= 0.6 is 11.3 Å². The predicted octanol–water partition coefficient (Wildman–Crippen LogP) is 1.48. The average Bonchev–Trinajstić information content (AvgIpc) is 3.25. The second kappa shape index (κ2) is 8.28. The molecule has 0 bridgehead atoms. The van der Waals surface area contributed by atoms with E-state index in [9.17, 15) is 22.0 Å². The normalized spacial score (nSPS) is 17.3. The zero-order valence-electron chi connectivity index (χ0n) is 14.2. The molecule has 0 aliphatic carbocycles. The molecule has 146 valence electrons. The van der Waals surface area contributed by atoms with Crippen molar-refractivity contribution in [3.8, 4) is 0 Å². The van der Waals surface area contributed by atoms with Crippen molar-refractivity contribution in [3.63, 3.8) is 0 Å². The quantitative estimate of drug-likeness (QED) is 0.714. The number of halogens is 2. The van der Waals surface area contributed by atoms with Crippen molar-refractivity contribution in [3.05, 3.63) is 41.4 Å². The molecule has 1 aromatic carbocycles. The summed E-state index contributed by atoms with van der Waals surface area (Å²) >= 11 is 1.52. The van der Waals surface area contributed by atoms with Crippen LogP contribution in [-0.2, 0) is 14.8 Å². The molecule has 1 aromatic heterocycles. The van der Waals surface area contributed by atoms with Crippen LogP contribution < -0.4 is 14.9 Å². The number of carbonyl (C=O) groups excluding carboxylic acids is 1. The zero-order chi connectivity index (χ0) is 19.4. The van der Waals surface area contributed by atoms with E-state index in [1.54, 1.807) is 6.20 Å². The molecule has 1 fully saturated rings. The minimum atomic E-state index is -4.38. The molecular formula is C16H18F2N4O3S2. The molecule has 3 rings (SSSR count). The topological polar surface area (TPSA) is 91.4 Å². The number of nitrogens with one attached hydrogen (secondary N) is 2. The van der Waals surface area contributed by atoms with Gasteiger partial charge in [0.25, 0.3) is 0 Å². The molecule has 2 heterocycles. The van der Waals surface area contributed by atoms with Crippen molar-refractivity contribution in [1.82, 2.24) is 15.0 Å². The summed E-state index contributed by atoms with van der Waals surface area (Å²) in [5, 5.41) is 5.61. The Morgan fingerprint density at radius 2 is 2.07 bits per heavy atom. The number of rotatable bonds is 7. The molecule has 1 aliphatic heterocycles. The first-order valence-electron chi connectivity index (χ1n) is 8.24. The summed E-state index contributed by atoms with van der Waals surface area (Å²) in [6.07, 6.45) is 2.34. The number of hydrogen-bond acceptors (Lipinski definition) is 6. The Morgan fingerprint density at radius 1 is 1.33 bits per heavy atom. The van der Waals surface area contributed by atoms with Crippen LogP contribution in [0.15, 0.2) is 34.7 Å². The van der Waals surface area contributed by atoms with Gasteiger partial charge < -0.3 is 10.2 Å². The number of amides is 1. The van der Waals surface area contributed by atoms with E-state index in [1.165, 1.54) is 11.3 Å². The molecule has 0 spiro atoms. The monoisotopic (exact) mass is 416 g/mol. The number of thiazole rings is 1. The number of carbonyl (C=O) groups is 1. The fraction of sp³-hybridized carbons (Fsp3) is 0.375. The smallest absolute Gasteiger partial charge is 0.246 e. The number of benzene rings is 1. The van der Waals surface area contributed by atoms with Crippen molar-refractivity contribution < 1.29 is 22.0 Å². The third-order valence-electron chi connectivity index (χ3n) is 4.07. The third-order valence-corrected chi connectivity index (χ3v) is 6.42. The number of nitrogens with zero attached hydrogens (tertiary/aromatic N) is 2. The van der Waals surface area contributed by atoms with Gasteiger partial charge in [-0.15, -0.1) is 11.3 Å². The molecule has 1 unspecified atom stereocenters. The van der Waals surface area contributed by atoms with Gasteiger partial charge in [-0.25, -0.2) is 26.9 Å². The van der Waals surface area contributed by atoms with Gasteiger partial charge in [-0.3, -0.25) is 4.79 Å². The molecule has 1 aliphatic rings. The molecule has 0 radical (unpaired) electrons. The lowest BCUT2D eigenvalue weighted by Crippen LogP contribution is -2.39. The highest BCUT2D eigenvalue weighted by atomic mass is 32.2. The van der Waals surface area contributed by atoms with Crippen LogP contribution in [0.4, 0.5) is 13.9 Å². The first kappa shape index (κ1) is 19.6.